The Morgan fingerprint density at radius 1 is 1.42 bits per heavy atom. The van der Waals surface area contributed by atoms with Gasteiger partial charge in [-0.15, -0.1) is 0 Å². The summed E-state index contributed by atoms with van der Waals surface area (Å²) in [7, 11) is 0. The van der Waals surface area contributed by atoms with E-state index in [1.807, 2.05) is 26.8 Å². The molecule has 0 saturated heterocycles. The van der Waals surface area contributed by atoms with Gasteiger partial charge in [0.15, 0.2) is 0 Å². The van der Waals surface area contributed by atoms with E-state index in [9.17, 15) is 9.18 Å². The van der Waals surface area contributed by atoms with Crippen LogP contribution in [-0.4, -0.2) is 18.1 Å². The van der Waals surface area contributed by atoms with E-state index in [2.05, 4.69) is 0 Å². The molecule has 0 radical (unpaired) electrons. The Labute approximate surface area is 113 Å². The fourth-order valence-corrected chi connectivity index (χ4v) is 1.70. The van der Waals surface area contributed by atoms with Crippen molar-refractivity contribution in [2.24, 2.45) is 11.7 Å². The number of ether oxygens (including phenoxy) is 1. The molecule has 1 aromatic carbocycles. The van der Waals surface area contributed by atoms with E-state index in [1.165, 1.54) is 6.07 Å². The number of hydrogen-bond donors (Lipinski definition) is 1. The predicted molar refractivity (Wildman–Crippen MR) is 73.2 cm³/mol. The Kier molecular flexibility index (Phi) is 5.06. The molecule has 0 bridgehead atoms. The van der Waals surface area contributed by atoms with Crippen molar-refractivity contribution in [3.63, 3.8) is 0 Å². The van der Waals surface area contributed by atoms with Crippen LogP contribution in [-0.2, 0) is 16.0 Å². The van der Waals surface area contributed by atoms with Gasteiger partial charge in [0.05, 0.1) is 5.92 Å². The van der Waals surface area contributed by atoms with Crippen molar-refractivity contribution in [3.8, 4) is 0 Å². The number of benzene rings is 1. The Morgan fingerprint density at radius 2 is 2.05 bits per heavy atom. The fourth-order valence-electron chi connectivity index (χ4n) is 1.70. The molecule has 1 aromatic rings. The van der Waals surface area contributed by atoms with Crippen LogP contribution in [0.3, 0.4) is 0 Å². The molecular weight excluding hydrogens is 245 g/mol. The number of esters is 1. The SMILES string of the molecule is Cc1ccc(CC(CN)C(=O)OC(C)(C)C)cc1F. The Morgan fingerprint density at radius 3 is 2.53 bits per heavy atom. The molecule has 0 spiro atoms. The van der Waals surface area contributed by atoms with Gasteiger partial charge in [-0.3, -0.25) is 4.79 Å². The molecule has 0 aliphatic carbocycles. The molecule has 0 fully saturated rings. The number of rotatable bonds is 4. The summed E-state index contributed by atoms with van der Waals surface area (Å²) in [6, 6.07) is 4.96. The minimum absolute atomic E-state index is 0.185. The summed E-state index contributed by atoms with van der Waals surface area (Å²) in [5.74, 6) is -1.05. The quantitative estimate of drug-likeness (QED) is 0.853. The minimum atomic E-state index is -0.539. The first-order chi connectivity index (χ1) is 8.73. The van der Waals surface area contributed by atoms with Crippen LogP contribution in [0.25, 0.3) is 0 Å². The first-order valence-corrected chi connectivity index (χ1v) is 6.41. The smallest absolute Gasteiger partial charge is 0.311 e. The summed E-state index contributed by atoms with van der Waals surface area (Å²) >= 11 is 0. The zero-order valence-electron chi connectivity index (χ0n) is 12.0. The molecule has 1 unspecified atom stereocenters. The zero-order valence-corrected chi connectivity index (χ0v) is 12.0. The van der Waals surface area contributed by atoms with Crippen LogP contribution >= 0.6 is 0 Å². The topological polar surface area (TPSA) is 52.3 Å². The van der Waals surface area contributed by atoms with Gasteiger partial charge in [0.2, 0.25) is 0 Å². The molecule has 0 aromatic heterocycles. The number of hydrogen-bond acceptors (Lipinski definition) is 3. The standard InChI is InChI=1S/C15H22FNO2/c1-10-5-6-11(8-13(10)16)7-12(9-17)14(18)19-15(2,3)4/h5-6,8,12H,7,9,17H2,1-4H3. The first-order valence-electron chi connectivity index (χ1n) is 6.41. The maximum Gasteiger partial charge on any atom is 0.311 e. The van der Waals surface area contributed by atoms with Crippen LogP contribution in [0.4, 0.5) is 4.39 Å². The highest BCUT2D eigenvalue weighted by Crippen LogP contribution is 2.17. The van der Waals surface area contributed by atoms with Gasteiger partial charge in [-0.05, 0) is 51.3 Å². The molecule has 2 N–H and O–H groups in total. The van der Waals surface area contributed by atoms with Crippen LogP contribution in [0.1, 0.15) is 31.9 Å². The lowest BCUT2D eigenvalue weighted by Crippen LogP contribution is -2.33. The number of aryl methyl sites for hydroxylation is 1. The van der Waals surface area contributed by atoms with Crippen LogP contribution in [0.15, 0.2) is 18.2 Å². The predicted octanol–water partition coefficient (Wildman–Crippen LogP) is 2.59. The van der Waals surface area contributed by atoms with Crippen LogP contribution < -0.4 is 5.73 Å². The third-order valence-electron chi connectivity index (χ3n) is 2.74. The maximum absolute atomic E-state index is 13.5. The normalized spacial score (nSPS) is 13.2. The summed E-state index contributed by atoms with van der Waals surface area (Å²) < 4.78 is 18.8. The van der Waals surface area contributed by atoms with Gasteiger partial charge in [-0.25, -0.2) is 4.39 Å². The van der Waals surface area contributed by atoms with Crippen LogP contribution in [0.5, 0.6) is 0 Å². The Bertz CT molecular complexity index is 452. The molecule has 106 valence electrons. The molecule has 19 heavy (non-hydrogen) atoms. The van der Waals surface area contributed by atoms with Gasteiger partial charge < -0.3 is 10.5 Å². The summed E-state index contributed by atoms with van der Waals surface area (Å²) in [5, 5.41) is 0. The zero-order chi connectivity index (χ0) is 14.6. The lowest BCUT2D eigenvalue weighted by molar-refractivity contribution is -0.159. The summed E-state index contributed by atoms with van der Waals surface area (Å²) in [6.45, 7) is 7.32. The van der Waals surface area contributed by atoms with Crippen molar-refractivity contribution in [2.45, 2.75) is 39.7 Å². The van der Waals surface area contributed by atoms with Crippen molar-refractivity contribution < 1.29 is 13.9 Å². The highest BCUT2D eigenvalue weighted by Gasteiger charge is 2.24. The second-order valence-electron chi connectivity index (χ2n) is 5.75. The summed E-state index contributed by atoms with van der Waals surface area (Å²) in [4.78, 5) is 12.0. The Balaban J connectivity index is 2.76. The monoisotopic (exact) mass is 267 g/mol. The van der Waals surface area contributed by atoms with Crippen LogP contribution in [0.2, 0.25) is 0 Å². The third kappa shape index (κ3) is 4.99. The van der Waals surface area contributed by atoms with Gasteiger partial charge in [-0.1, -0.05) is 12.1 Å². The molecular formula is C15H22FNO2. The molecule has 0 aliphatic rings. The number of carbonyl (C=O) groups is 1. The number of nitrogens with two attached hydrogens (primary N) is 1. The van der Waals surface area contributed by atoms with Crippen molar-refractivity contribution >= 4 is 5.97 Å². The van der Waals surface area contributed by atoms with E-state index in [-0.39, 0.29) is 18.3 Å². The van der Waals surface area contributed by atoms with Crippen molar-refractivity contribution in [3.05, 3.63) is 35.1 Å². The van der Waals surface area contributed by atoms with Gasteiger partial charge in [0.25, 0.3) is 0 Å². The van der Waals surface area contributed by atoms with Crippen molar-refractivity contribution in [1.29, 1.82) is 0 Å². The van der Waals surface area contributed by atoms with Crippen LogP contribution in [0, 0.1) is 18.7 Å². The summed E-state index contributed by atoms with van der Waals surface area (Å²) in [6.07, 6.45) is 0.391. The van der Waals surface area contributed by atoms with E-state index in [1.54, 1.807) is 13.0 Å². The van der Waals surface area contributed by atoms with Gasteiger partial charge >= 0.3 is 5.97 Å². The molecule has 0 saturated carbocycles. The molecule has 0 heterocycles. The third-order valence-corrected chi connectivity index (χ3v) is 2.74. The minimum Gasteiger partial charge on any atom is -0.460 e. The molecule has 1 rings (SSSR count). The van der Waals surface area contributed by atoms with Gasteiger partial charge in [-0.2, -0.15) is 0 Å². The van der Waals surface area contributed by atoms with E-state index < -0.39 is 11.5 Å². The van der Waals surface area contributed by atoms with E-state index in [0.29, 0.717) is 12.0 Å². The van der Waals surface area contributed by atoms with Crippen molar-refractivity contribution in [1.82, 2.24) is 0 Å². The highest BCUT2D eigenvalue weighted by molar-refractivity contribution is 5.73. The lowest BCUT2D eigenvalue weighted by atomic mass is 9.98. The lowest BCUT2D eigenvalue weighted by Gasteiger charge is -2.23. The number of carbonyl (C=O) groups excluding carboxylic acids is 1. The maximum atomic E-state index is 13.5. The van der Waals surface area contributed by atoms with E-state index in [4.69, 9.17) is 10.5 Å². The van der Waals surface area contributed by atoms with Gasteiger partial charge in [0.1, 0.15) is 11.4 Å². The second-order valence-corrected chi connectivity index (χ2v) is 5.75. The molecule has 1 atom stereocenters. The van der Waals surface area contributed by atoms with E-state index in [0.717, 1.165) is 5.56 Å². The molecule has 0 aliphatic heterocycles. The number of halogens is 1. The summed E-state index contributed by atoms with van der Waals surface area (Å²) in [5.41, 5.74) is 6.42. The highest BCUT2D eigenvalue weighted by atomic mass is 19.1. The van der Waals surface area contributed by atoms with Crippen molar-refractivity contribution in [2.75, 3.05) is 6.54 Å². The largest absolute Gasteiger partial charge is 0.460 e. The molecule has 3 nitrogen and oxygen atoms in total. The molecule has 0 amide bonds. The fraction of sp³-hybridized carbons (Fsp3) is 0.533. The average Bonchev–Trinajstić information content (AvgIpc) is 2.28. The first kappa shape index (κ1) is 15.6. The second kappa shape index (κ2) is 6.15. The van der Waals surface area contributed by atoms with Gasteiger partial charge in [0, 0.05) is 6.54 Å². The molecule has 4 heteroatoms. The van der Waals surface area contributed by atoms with E-state index >= 15 is 0 Å². The average molecular weight is 267 g/mol. The Hall–Kier alpha value is -1.42.